The number of nitrogens with zero attached hydrogens (tertiary/aromatic N) is 4. The van der Waals surface area contributed by atoms with Crippen LogP contribution in [0.2, 0.25) is 0 Å². The molecule has 2 rings (SSSR count). The Balaban J connectivity index is 1.99. The first-order valence-electron chi connectivity index (χ1n) is 4.63. The van der Waals surface area contributed by atoms with Crippen LogP contribution in [-0.4, -0.2) is 37.8 Å². The number of hydrogen-bond acceptors (Lipinski definition) is 7. The smallest absolute Gasteiger partial charge is 0.329 e. The third kappa shape index (κ3) is 3.05. The molecule has 0 bridgehead atoms. The molecule has 0 amide bonds. The van der Waals surface area contributed by atoms with Gasteiger partial charge in [-0.25, -0.2) is 14.8 Å². The normalized spacial score (nSPS) is 10.4. The van der Waals surface area contributed by atoms with Crippen molar-refractivity contribution in [3.63, 3.8) is 0 Å². The summed E-state index contributed by atoms with van der Waals surface area (Å²) >= 11 is 0. The van der Waals surface area contributed by atoms with Gasteiger partial charge in [-0.05, 0) is 0 Å². The summed E-state index contributed by atoms with van der Waals surface area (Å²) in [6.45, 7) is -0.459. The Hall–Kier alpha value is -2.35. The Labute approximate surface area is 95.3 Å². The topological polar surface area (TPSA) is 111 Å². The van der Waals surface area contributed by atoms with E-state index in [1.165, 1.54) is 18.7 Å². The molecule has 8 heteroatoms. The van der Waals surface area contributed by atoms with Crippen LogP contribution in [0.3, 0.4) is 0 Å². The highest BCUT2D eigenvalue weighted by Gasteiger charge is 2.09. The van der Waals surface area contributed by atoms with Gasteiger partial charge < -0.3 is 14.3 Å². The maximum Gasteiger partial charge on any atom is 0.329 e. The summed E-state index contributed by atoms with van der Waals surface area (Å²) < 4.78 is 10.0. The van der Waals surface area contributed by atoms with E-state index in [1.807, 2.05) is 0 Å². The maximum absolute atomic E-state index is 10.2. The van der Waals surface area contributed by atoms with Crippen molar-refractivity contribution in [2.24, 2.45) is 0 Å². The van der Waals surface area contributed by atoms with E-state index in [9.17, 15) is 4.79 Å². The SMILES string of the molecule is O=C(O)COCc1nnc(-c2cncnc2)o1. The number of ether oxygens (including phenoxy) is 1. The molecule has 0 unspecified atom stereocenters. The molecule has 0 saturated carbocycles. The standard InChI is InChI=1S/C9H8N4O4/c14-8(15)4-16-3-7-12-13-9(17-7)6-1-10-5-11-2-6/h1-2,5H,3-4H2,(H,14,15). The molecular weight excluding hydrogens is 228 g/mol. The molecule has 0 radical (unpaired) electrons. The van der Waals surface area contributed by atoms with E-state index < -0.39 is 12.6 Å². The Morgan fingerprint density at radius 1 is 1.35 bits per heavy atom. The van der Waals surface area contributed by atoms with Gasteiger partial charge in [-0.15, -0.1) is 10.2 Å². The van der Waals surface area contributed by atoms with Crippen molar-refractivity contribution < 1.29 is 19.1 Å². The minimum absolute atomic E-state index is 0.0486. The largest absolute Gasteiger partial charge is 0.480 e. The van der Waals surface area contributed by atoms with Gasteiger partial charge in [-0.3, -0.25) is 0 Å². The van der Waals surface area contributed by atoms with Gasteiger partial charge in [-0.2, -0.15) is 0 Å². The van der Waals surface area contributed by atoms with E-state index in [0.29, 0.717) is 5.56 Å². The van der Waals surface area contributed by atoms with Crippen LogP contribution >= 0.6 is 0 Å². The zero-order valence-corrected chi connectivity index (χ0v) is 8.61. The molecule has 0 spiro atoms. The maximum atomic E-state index is 10.2. The number of aliphatic carboxylic acids is 1. The van der Waals surface area contributed by atoms with E-state index in [1.54, 1.807) is 0 Å². The Morgan fingerprint density at radius 3 is 2.82 bits per heavy atom. The van der Waals surface area contributed by atoms with Gasteiger partial charge >= 0.3 is 5.97 Å². The van der Waals surface area contributed by atoms with Crippen molar-refractivity contribution in [1.82, 2.24) is 20.2 Å². The van der Waals surface area contributed by atoms with Crippen molar-refractivity contribution in [3.05, 3.63) is 24.6 Å². The summed E-state index contributed by atoms with van der Waals surface area (Å²) in [5.41, 5.74) is 0.587. The van der Waals surface area contributed by atoms with Gasteiger partial charge in [-0.1, -0.05) is 0 Å². The number of carbonyl (C=O) groups is 1. The van der Waals surface area contributed by atoms with Gasteiger partial charge in [0.2, 0.25) is 5.89 Å². The van der Waals surface area contributed by atoms with Crippen LogP contribution in [-0.2, 0) is 16.1 Å². The average molecular weight is 236 g/mol. The highest BCUT2D eigenvalue weighted by atomic mass is 16.5. The van der Waals surface area contributed by atoms with Gasteiger partial charge in [0.25, 0.3) is 5.89 Å². The van der Waals surface area contributed by atoms with Crippen molar-refractivity contribution in [2.75, 3.05) is 6.61 Å². The molecule has 0 aliphatic heterocycles. The van der Waals surface area contributed by atoms with Crippen LogP contribution < -0.4 is 0 Å². The Kier molecular flexibility index (Phi) is 3.36. The third-order valence-electron chi connectivity index (χ3n) is 1.73. The van der Waals surface area contributed by atoms with E-state index in [4.69, 9.17) is 14.3 Å². The zero-order chi connectivity index (χ0) is 12.1. The molecule has 0 atom stereocenters. The minimum atomic E-state index is -1.05. The lowest BCUT2D eigenvalue weighted by molar-refractivity contribution is -0.142. The van der Waals surface area contributed by atoms with Crippen LogP contribution in [0.1, 0.15) is 5.89 Å². The second kappa shape index (κ2) is 5.12. The quantitative estimate of drug-likeness (QED) is 0.779. The first kappa shape index (κ1) is 11.1. The van der Waals surface area contributed by atoms with Gasteiger partial charge in [0.15, 0.2) is 0 Å². The first-order valence-corrected chi connectivity index (χ1v) is 4.63. The lowest BCUT2D eigenvalue weighted by Gasteiger charge is -1.95. The number of rotatable bonds is 5. The predicted molar refractivity (Wildman–Crippen MR) is 52.6 cm³/mol. The van der Waals surface area contributed by atoms with Gasteiger partial charge in [0.05, 0.1) is 5.56 Å². The summed E-state index contributed by atoms with van der Waals surface area (Å²) in [5, 5.41) is 15.8. The summed E-state index contributed by atoms with van der Waals surface area (Å²) in [7, 11) is 0. The lowest BCUT2D eigenvalue weighted by atomic mass is 10.3. The number of carboxylic acids is 1. The fourth-order valence-electron chi connectivity index (χ4n) is 1.06. The van der Waals surface area contributed by atoms with Crippen molar-refractivity contribution in [3.8, 4) is 11.5 Å². The van der Waals surface area contributed by atoms with E-state index in [0.717, 1.165) is 0 Å². The molecule has 2 aromatic heterocycles. The molecule has 2 aromatic rings. The van der Waals surface area contributed by atoms with Crippen LogP contribution in [0.25, 0.3) is 11.5 Å². The molecular formula is C9H8N4O4. The summed E-state index contributed by atoms with van der Waals surface area (Å²) in [6.07, 6.45) is 4.45. The average Bonchev–Trinajstić information content (AvgIpc) is 2.78. The predicted octanol–water partition coefficient (Wildman–Crippen LogP) is 0.128. The second-order valence-electron chi connectivity index (χ2n) is 3.01. The molecule has 1 N–H and O–H groups in total. The molecule has 0 aromatic carbocycles. The lowest BCUT2D eigenvalue weighted by Crippen LogP contribution is -2.06. The molecule has 0 saturated heterocycles. The minimum Gasteiger partial charge on any atom is -0.480 e. The Morgan fingerprint density at radius 2 is 2.12 bits per heavy atom. The van der Waals surface area contributed by atoms with Gasteiger partial charge in [0, 0.05) is 12.4 Å². The van der Waals surface area contributed by atoms with Crippen LogP contribution in [0.15, 0.2) is 23.1 Å². The fourth-order valence-corrected chi connectivity index (χ4v) is 1.06. The van der Waals surface area contributed by atoms with Crippen molar-refractivity contribution in [1.29, 1.82) is 0 Å². The molecule has 8 nitrogen and oxygen atoms in total. The first-order chi connectivity index (χ1) is 8.25. The number of hydrogen-bond donors (Lipinski definition) is 1. The van der Waals surface area contributed by atoms with E-state index in [-0.39, 0.29) is 18.4 Å². The van der Waals surface area contributed by atoms with Crippen LogP contribution in [0, 0.1) is 0 Å². The summed E-state index contributed by atoms with van der Waals surface area (Å²) in [4.78, 5) is 17.8. The highest BCUT2D eigenvalue weighted by molar-refractivity contribution is 5.67. The van der Waals surface area contributed by atoms with Crippen molar-refractivity contribution >= 4 is 5.97 Å². The molecule has 2 heterocycles. The number of aromatic nitrogens is 4. The van der Waals surface area contributed by atoms with Gasteiger partial charge in [0.1, 0.15) is 19.5 Å². The summed E-state index contributed by atoms with van der Waals surface area (Å²) in [6, 6.07) is 0. The second-order valence-corrected chi connectivity index (χ2v) is 3.01. The monoisotopic (exact) mass is 236 g/mol. The molecule has 0 aliphatic rings. The van der Waals surface area contributed by atoms with E-state index in [2.05, 4.69) is 20.2 Å². The van der Waals surface area contributed by atoms with Crippen molar-refractivity contribution in [2.45, 2.75) is 6.61 Å². The fraction of sp³-hybridized carbons (Fsp3) is 0.222. The Bertz CT molecular complexity index is 499. The van der Waals surface area contributed by atoms with E-state index >= 15 is 0 Å². The molecule has 88 valence electrons. The van der Waals surface area contributed by atoms with Crippen LogP contribution in [0.4, 0.5) is 0 Å². The third-order valence-corrected chi connectivity index (χ3v) is 1.73. The molecule has 0 aliphatic carbocycles. The zero-order valence-electron chi connectivity index (χ0n) is 8.61. The molecule has 0 fully saturated rings. The van der Waals surface area contributed by atoms with Crippen LogP contribution in [0.5, 0.6) is 0 Å². The molecule has 17 heavy (non-hydrogen) atoms. The highest BCUT2D eigenvalue weighted by Crippen LogP contribution is 2.15. The number of carboxylic acid groups (broad SMARTS) is 1. The summed E-state index contributed by atoms with van der Waals surface area (Å²) in [5.74, 6) is -0.592.